The van der Waals surface area contributed by atoms with Gasteiger partial charge in [-0.3, -0.25) is 4.79 Å². The van der Waals surface area contributed by atoms with Crippen LogP contribution < -0.4 is 0 Å². The molecule has 0 radical (unpaired) electrons. The second-order valence-corrected chi connectivity index (χ2v) is 6.69. The highest BCUT2D eigenvalue weighted by Crippen LogP contribution is 2.41. The summed E-state index contributed by atoms with van der Waals surface area (Å²) in [5.74, 6) is -0.00945. The summed E-state index contributed by atoms with van der Waals surface area (Å²) in [4.78, 5) is 14.2. The summed E-state index contributed by atoms with van der Waals surface area (Å²) in [5.41, 5.74) is -0.465. The molecule has 1 aromatic carbocycles. The Morgan fingerprint density at radius 2 is 2.04 bits per heavy atom. The quantitative estimate of drug-likeness (QED) is 0.914. The third kappa shape index (κ3) is 3.28. The van der Waals surface area contributed by atoms with Gasteiger partial charge in [0.05, 0.1) is 25.2 Å². The van der Waals surface area contributed by atoms with E-state index in [9.17, 15) is 23.1 Å². The van der Waals surface area contributed by atoms with Crippen molar-refractivity contribution in [2.45, 2.75) is 19.0 Å². The van der Waals surface area contributed by atoms with Gasteiger partial charge in [0.15, 0.2) is 0 Å². The van der Waals surface area contributed by atoms with Crippen molar-refractivity contribution < 1.29 is 27.8 Å². The van der Waals surface area contributed by atoms with Crippen LogP contribution in [-0.4, -0.2) is 48.8 Å². The van der Waals surface area contributed by atoms with Crippen molar-refractivity contribution in [2.75, 3.05) is 32.9 Å². The average molecular weight is 343 g/mol. The standard InChI is InChI=1S/C17H20F3NO3/c18-17(19,20)13-3-1-12(2-4-13)7-15(23)21-8-14-9-24-6-5-16(14,10-21)11-22/h1-4,14,22H,5-11H2/t14-,16-/m1/s1. The Kier molecular flexibility index (Phi) is 4.57. The number of likely N-dealkylation sites (tertiary alicyclic amines) is 1. The Balaban J connectivity index is 1.65. The molecule has 132 valence electrons. The van der Waals surface area contributed by atoms with Crippen LogP contribution in [0.15, 0.2) is 24.3 Å². The number of benzene rings is 1. The van der Waals surface area contributed by atoms with Crippen molar-refractivity contribution in [3.05, 3.63) is 35.4 Å². The van der Waals surface area contributed by atoms with Crippen LogP contribution in [0.3, 0.4) is 0 Å². The van der Waals surface area contributed by atoms with Gasteiger partial charge in [0, 0.05) is 31.0 Å². The molecule has 2 fully saturated rings. The molecule has 2 aliphatic heterocycles. The van der Waals surface area contributed by atoms with Gasteiger partial charge in [0.2, 0.25) is 5.91 Å². The molecule has 2 atom stereocenters. The molecular formula is C17H20F3NO3. The monoisotopic (exact) mass is 343 g/mol. The molecule has 0 bridgehead atoms. The Labute approximate surface area is 138 Å². The Hall–Kier alpha value is -1.60. The van der Waals surface area contributed by atoms with Gasteiger partial charge < -0.3 is 14.7 Å². The molecule has 0 saturated carbocycles. The van der Waals surface area contributed by atoms with Crippen LogP contribution in [0, 0.1) is 11.3 Å². The number of nitrogens with zero attached hydrogens (tertiary/aromatic N) is 1. The van der Waals surface area contributed by atoms with E-state index in [1.54, 1.807) is 4.90 Å². The first kappa shape index (κ1) is 17.2. The van der Waals surface area contributed by atoms with E-state index in [0.29, 0.717) is 31.9 Å². The topological polar surface area (TPSA) is 49.8 Å². The maximum absolute atomic E-state index is 12.6. The maximum atomic E-state index is 12.6. The number of aliphatic hydroxyl groups is 1. The van der Waals surface area contributed by atoms with Crippen LogP contribution in [0.25, 0.3) is 0 Å². The van der Waals surface area contributed by atoms with Crippen molar-refractivity contribution in [2.24, 2.45) is 11.3 Å². The molecule has 0 aliphatic carbocycles. The molecule has 1 aromatic rings. The first-order chi connectivity index (χ1) is 11.3. The van der Waals surface area contributed by atoms with Crippen molar-refractivity contribution in [1.82, 2.24) is 4.90 Å². The fraction of sp³-hybridized carbons (Fsp3) is 0.588. The van der Waals surface area contributed by atoms with Crippen molar-refractivity contribution in [3.8, 4) is 0 Å². The zero-order valence-corrected chi connectivity index (χ0v) is 13.2. The van der Waals surface area contributed by atoms with Gasteiger partial charge in [-0.05, 0) is 24.1 Å². The summed E-state index contributed by atoms with van der Waals surface area (Å²) in [6, 6.07) is 4.67. The first-order valence-corrected chi connectivity index (χ1v) is 7.97. The van der Waals surface area contributed by atoms with E-state index in [1.807, 2.05) is 0 Å². The Morgan fingerprint density at radius 1 is 1.33 bits per heavy atom. The molecule has 0 spiro atoms. The molecule has 3 rings (SSSR count). The number of rotatable bonds is 3. The molecule has 2 aliphatic rings. The van der Waals surface area contributed by atoms with Crippen LogP contribution >= 0.6 is 0 Å². The minimum atomic E-state index is -4.37. The lowest BCUT2D eigenvalue weighted by molar-refractivity contribution is -0.137. The van der Waals surface area contributed by atoms with Gasteiger partial charge in [0.1, 0.15) is 0 Å². The summed E-state index contributed by atoms with van der Waals surface area (Å²) in [7, 11) is 0. The number of alkyl halides is 3. The second-order valence-electron chi connectivity index (χ2n) is 6.69. The SMILES string of the molecule is O=C(Cc1ccc(C(F)(F)F)cc1)N1C[C@@H]2COCC[C@]2(CO)C1. The van der Waals surface area contributed by atoms with Gasteiger partial charge in [-0.15, -0.1) is 0 Å². The number of aliphatic hydroxyl groups excluding tert-OH is 1. The second kappa shape index (κ2) is 6.37. The van der Waals surface area contributed by atoms with Gasteiger partial charge in [-0.1, -0.05) is 12.1 Å². The number of ether oxygens (including phenoxy) is 1. The van der Waals surface area contributed by atoms with Crippen LogP contribution in [-0.2, 0) is 22.1 Å². The minimum Gasteiger partial charge on any atom is -0.396 e. The van der Waals surface area contributed by atoms with Gasteiger partial charge in [-0.25, -0.2) is 0 Å². The number of hydrogen-bond donors (Lipinski definition) is 1. The van der Waals surface area contributed by atoms with Crippen LogP contribution in [0.1, 0.15) is 17.5 Å². The number of amides is 1. The van der Waals surface area contributed by atoms with Gasteiger partial charge in [0.25, 0.3) is 0 Å². The molecule has 7 heteroatoms. The number of fused-ring (bicyclic) bond motifs is 1. The molecule has 4 nitrogen and oxygen atoms in total. The number of carbonyl (C=O) groups excluding carboxylic acids is 1. The summed E-state index contributed by atoms with van der Waals surface area (Å²) < 4.78 is 43.2. The van der Waals surface area contributed by atoms with Gasteiger partial charge >= 0.3 is 6.18 Å². The lowest BCUT2D eigenvalue weighted by atomic mass is 9.75. The number of carbonyl (C=O) groups is 1. The smallest absolute Gasteiger partial charge is 0.396 e. The van der Waals surface area contributed by atoms with E-state index < -0.39 is 11.7 Å². The fourth-order valence-electron chi connectivity index (χ4n) is 3.59. The Morgan fingerprint density at radius 3 is 2.62 bits per heavy atom. The zero-order valence-electron chi connectivity index (χ0n) is 13.2. The lowest BCUT2D eigenvalue weighted by Crippen LogP contribution is -2.41. The summed E-state index contributed by atoms with van der Waals surface area (Å²) in [5, 5.41) is 9.75. The van der Waals surface area contributed by atoms with Crippen LogP contribution in [0.2, 0.25) is 0 Å². The molecule has 2 saturated heterocycles. The van der Waals surface area contributed by atoms with E-state index in [1.165, 1.54) is 12.1 Å². The predicted molar refractivity (Wildman–Crippen MR) is 80.2 cm³/mol. The summed E-state index contributed by atoms with van der Waals surface area (Å²) >= 11 is 0. The Bertz CT molecular complexity index is 602. The van der Waals surface area contributed by atoms with E-state index in [2.05, 4.69) is 0 Å². The zero-order chi connectivity index (χ0) is 17.4. The third-order valence-corrected chi connectivity index (χ3v) is 5.18. The molecule has 1 amide bonds. The van der Waals surface area contributed by atoms with E-state index in [-0.39, 0.29) is 30.3 Å². The molecule has 0 aromatic heterocycles. The summed E-state index contributed by atoms with van der Waals surface area (Å²) in [6.45, 7) is 2.14. The summed E-state index contributed by atoms with van der Waals surface area (Å²) in [6.07, 6.45) is -3.59. The van der Waals surface area contributed by atoms with E-state index in [0.717, 1.165) is 18.6 Å². The molecule has 24 heavy (non-hydrogen) atoms. The van der Waals surface area contributed by atoms with Crippen molar-refractivity contribution in [1.29, 1.82) is 0 Å². The lowest BCUT2D eigenvalue weighted by Gasteiger charge is -2.36. The van der Waals surface area contributed by atoms with E-state index >= 15 is 0 Å². The van der Waals surface area contributed by atoms with Crippen molar-refractivity contribution in [3.63, 3.8) is 0 Å². The largest absolute Gasteiger partial charge is 0.416 e. The molecule has 1 N–H and O–H groups in total. The molecular weight excluding hydrogens is 323 g/mol. The highest BCUT2D eigenvalue weighted by molar-refractivity contribution is 5.79. The minimum absolute atomic E-state index is 0.0189. The molecule has 2 heterocycles. The molecule has 0 unspecified atom stereocenters. The number of hydrogen-bond acceptors (Lipinski definition) is 3. The average Bonchev–Trinajstić information content (AvgIpc) is 2.95. The normalized spacial score (nSPS) is 27.2. The highest BCUT2D eigenvalue weighted by Gasteiger charge is 2.49. The highest BCUT2D eigenvalue weighted by atomic mass is 19.4. The van der Waals surface area contributed by atoms with Crippen LogP contribution in [0.5, 0.6) is 0 Å². The third-order valence-electron chi connectivity index (χ3n) is 5.18. The predicted octanol–water partition coefficient (Wildman–Crippen LogP) is 2.11. The van der Waals surface area contributed by atoms with Gasteiger partial charge in [-0.2, -0.15) is 13.2 Å². The van der Waals surface area contributed by atoms with Crippen LogP contribution in [0.4, 0.5) is 13.2 Å². The maximum Gasteiger partial charge on any atom is 0.416 e. The van der Waals surface area contributed by atoms with E-state index in [4.69, 9.17) is 4.74 Å². The van der Waals surface area contributed by atoms with Crippen molar-refractivity contribution >= 4 is 5.91 Å². The fourth-order valence-corrected chi connectivity index (χ4v) is 3.59. The first-order valence-electron chi connectivity index (χ1n) is 7.97. The number of halogens is 3.